The lowest BCUT2D eigenvalue weighted by Crippen LogP contribution is -2.48. The molecule has 2 heteroatoms. The number of aliphatic hydroxyl groups excluding tert-OH is 1. The van der Waals surface area contributed by atoms with Gasteiger partial charge in [-0.2, -0.15) is 0 Å². The third kappa shape index (κ3) is 4.31. The molecule has 70 valence electrons. The molecule has 2 nitrogen and oxygen atoms in total. The van der Waals surface area contributed by atoms with Gasteiger partial charge in [0.2, 0.25) is 0 Å². The molecule has 0 aliphatic heterocycles. The highest BCUT2D eigenvalue weighted by Gasteiger charge is 2.19. The number of nitrogens with zero attached hydrogens (tertiary/aromatic N) is 1. The molecule has 0 spiro atoms. The lowest BCUT2D eigenvalue weighted by atomic mass is 10.3. The van der Waals surface area contributed by atoms with Crippen molar-refractivity contribution in [2.75, 3.05) is 26.7 Å². The van der Waals surface area contributed by atoms with Crippen LogP contribution in [0.25, 0.3) is 0 Å². The summed E-state index contributed by atoms with van der Waals surface area (Å²) >= 11 is 0. The molecular weight excluding hydrogens is 150 g/mol. The summed E-state index contributed by atoms with van der Waals surface area (Å²) < 4.78 is 0.782. The number of quaternary nitrogens is 1. The summed E-state index contributed by atoms with van der Waals surface area (Å²) in [6.07, 6.45) is 3.49. The molecule has 0 saturated carbocycles. The van der Waals surface area contributed by atoms with Crippen molar-refractivity contribution in [2.24, 2.45) is 0 Å². The van der Waals surface area contributed by atoms with Gasteiger partial charge in [0.25, 0.3) is 0 Å². The molecular formula is C10H20NO+. The first-order valence-electron chi connectivity index (χ1n) is 4.27. The van der Waals surface area contributed by atoms with Crippen LogP contribution in [-0.2, 0) is 0 Å². The van der Waals surface area contributed by atoms with E-state index in [0.717, 1.165) is 24.1 Å². The summed E-state index contributed by atoms with van der Waals surface area (Å²) in [5, 5.41) is 9.26. The molecule has 1 N–H and O–H groups in total. The van der Waals surface area contributed by atoms with Crippen molar-refractivity contribution >= 4 is 0 Å². The van der Waals surface area contributed by atoms with E-state index in [1.54, 1.807) is 0 Å². The smallest absolute Gasteiger partial charge is 0.105 e. The van der Waals surface area contributed by atoms with Crippen molar-refractivity contribution in [1.82, 2.24) is 0 Å². The van der Waals surface area contributed by atoms with E-state index in [0.29, 0.717) is 0 Å². The number of aliphatic hydroxyl groups is 1. The predicted octanol–water partition coefficient (Wildman–Crippen LogP) is 1.19. The molecule has 1 atom stereocenters. The molecule has 0 fully saturated rings. The number of rotatable bonds is 6. The minimum Gasteiger partial charge on any atom is -0.388 e. The zero-order valence-electron chi connectivity index (χ0n) is 8.16. The predicted molar refractivity (Wildman–Crippen MR) is 52.9 cm³/mol. The maximum absolute atomic E-state index is 9.26. The third-order valence-electron chi connectivity index (χ3n) is 1.84. The van der Waals surface area contributed by atoms with Crippen LogP contribution in [0.2, 0.25) is 0 Å². The van der Waals surface area contributed by atoms with Crippen molar-refractivity contribution in [3.63, 3.8) is 0 Å². The maximum atomic E-state index is 9.26. The molecule has 0 bridgehead atoms. The van der Waals surface area contributed by atoms with Crippen molar-refractivity contribution in [2.45, 2.75) is 13.0 Å². The lowest BCUT2D eigenvalue weighted by molar-refractivity contribution is -0.901. The number of likely N-dealkylation sites (N-methyl/N-ethyl adjacent to an activating group) is 1. The van der Waals surface area contributed by atoms with Gasteiger partial charge in [-0.05, 0) is 19.1 Å². The van der Waals surface area contributed by atoms with Crippen LogP contribution in [-0.4, -0.2) is 42.4 Å². The van der Waals surface area contributed by atoms with Crippen LogP contribution < -0.4 is 0 Å². The normalized spacial score (nSPS) is 13.9. The molecule has 0 rings (SSSR count). The first-order chi connectivity index (χ1) is 5.54. The number of hydrogen-bond donors (Lipinski definition) is 1. The summed E-state index contributed by atoms with van der Waals surface area (Å²) in [6.45, 7) is 11.7. The number of hydrogen-bond acceptors (Lipinski definition) is 1. The molecule has 12 heavy (non-hydrogen) atoms. The van der Waals surface area contributed by atoms with Gasteiger partial charge in [0.05, 0.1) is 20.1 Å². The van der Waals surface area contributed by atoms with Gasteiger partial charge in [0.15, 0.2) is 0 Å². The first-order valence-corrected chi connectivity index (χ1v) is 4.27. The fourth-order valence-electron chi connectivity index (χ4n) is 1.48. The minimum atomic E-state index is -0.269. The largest absolute Gasteiger partial charge is 0.388 e. The molecule has 0 radical (unpaired) electrons. The summed E-state index contributed by atoms with van der Waals surface area (Å²) in [7, 11) is 2.09. The molecule has 0 aromatic heterocycles. The van der Waals surface area contributed by atoms with Gasteiger partial charge in [-0.3, -0.25) is 0 Å². The highest BCUT2D eigenvalue weighted by atomic mass is 16.3. The maximum Gasteiger partial charge on any atom is 0.105 e. The van der Waals surface area contributed by atoms with E-state index in [2.05, 4.69) is 20.2 Å². The Hall–Kier alpha value is -0.600. The van der Waals surface area contributed by atoms with Crippen LogP contribution in [0.1, 0.15) is 6.92 Å². The van der Waals surface area contributed by atoms with Crippen LogP contribution in [0.15, 0.2) is 25.3 Å². The fraction of sp³-hybridized carbons (Fsp3) is 0.600. The van der Waals surface area contributed by atoms with Gasteiger partial charge < -0.3 is 9.59 Å². The summed E-state index contributed by atoms with van der Waals surface area (Å²) in [4.78, 5) is 0. The van der Waals surface area contributed by atoms with Crippen LogP contribution >= 0.6 is 0 Å². The van der Waals surface area contributed by atoms with Gasteiger partial charge in [0.1, 0.15) is 12.6 Å². The Morgan fingerprint density at radius 3 is 2.00 bits per heavy atom. The minimum absolute atomic E-state index is 0.269. The molecule has 0 aliphatic carbocycles. The molecule has 1 unspecified atom stereocenters. The average Bonchev–Trinajstić information content (AvgIpc) is 1.85. The van der Waals surface area contributed by atoms with Crippen molar-refractivity contribution in [1.29, 1.82) is 0 Å². The van der Waals surface area contributed by atoms with Crippen molar-refractivity contribution < 1.29 is 9.59 Å². The van der Waals surface area contributed by atoms with Crippen molar-refractivity contribution in [3.05, 3.63) is 25.3 Å². The van der Waals surface area contributed by atoms with Crippen LogP contribution in [0, 0.1) is 0 Å². The quantitative estimate of drug-likeness (QED) is 0.469. The Labute approximate surface area is 75.4 Å². The first kappa shape index (κ1) is 11.4. The molecule has 0 aliphatic rings. The standard InChI is InChI=1S/C10H20NO/c1-5-7-11(4,8-6-2)9-10(3)12/h5-6,10,12H,1-2,7-9H2,3-4H3/q+1. The Balaban J connectivity index is 4.15. The fourth-order valence-corrected chi connectivity index (χ4v) is 1.48. The zero-order chi connectivity index (χ0) is 9.61. The van der Waals surface area contributed by atoms with E-state index in [-0.39, 0.29) is 6.10 Å². The van der Waals surface area contributed by atoms with E-state index in [4.69, 9.17) is 0 Å². The summed E-state index contributed by atoms with van der Waals surface area (Å²) in [5.41, 5.74) is 0. The Morgan fingerprint density at radius 1 is 1.33 bits per heavy atom. The van der Waals surface area contributed by atoms with Gasteiger partial charge in [-0.15, -0.1) is 0 Å². The van der Waals surface area contributed by atoms with Gasteiger partial charge >= 0.3 is 0 Å². The van der Waals surface area contributed by atoms with E-state index in [1.807, 2.05) is 19.1 Å². The van der Waals surface area contributed by atoms with E-state index < -0.39 is 0 Å². The second-order valence-corrected chi connectivity index (χ2v) is 3.59. The van der Waals surface area contributed by atoms with Gasteiger partial charge in [-0.1, -0.05) is 13.2 Å². The molecule has 0 aromatic carbocycles. The van der Waals surface area contributed by atoms with Crippen LogP contribution in [0.4, 0.5) is 0 Å². The van der Waals surface area contributed by atoms with Gasteiger partial charge in [-0.25, -0.2) is 0 Å². The van der Waals surface area contributed by atoms with E-state index in [9.17, 15) is 5.11 Å². The molecule has 0 amide bonds. The van der Waals surface area contributed by atoms with Crippen molar-refractivity contribution in [3.8, 4) is 0 Å². The van der Waals surface area contributed by atoms with Crippen LogP contribution in [0.5, 0.6) is 0 Å². The summed E-state index contributed by atoms with van der Waals surface area (Å²) in [5.74, 6) is 0. The molecule has 0 heterocycles. The highest BCUT2D eigenvalue weighted by molar-refractivity contribution is 4.71. The molecule has 0 saturated heterocycles. The highest BCUT2D eigenvalue weighted by Crippen LogP contribution is 2.04. The molecule has 0 aromatic rings. The zero-order valence-corrected chi connectivity index (χ0v) is 8.16. The van der Waals surface area contributed by atoms with Gasteiger partial charge in [0, 0.05) is 0 Å². The average molecular weight is 170 g/mol. The van der Waals surface area contributed by atoms with E-state index in [1.165, 1.54) is 0 Å². The third-order valence-corrected chi connectivity index (χ3v) is 1.84. The Bertz CT molecular complexity index is 142. The van der Waals surface area contributed by atoms with Crippen LogP contribution in [0.3, 0.4) is 0 Å². The monoisotopic (exact) mass is 170 g/mol. The Morgan fingerprint density at radius 2 is 1.75 bits per heavy atom. The second kappa shape index (κ2) is 5.12. The summed E-state index contributed by atoms with van der Waals surface area (Å²) in [6, 6.07) is 0. The second-order valence-electron chi connectivity index (χ2n) is 3.59. The topological polar surface area (TPSA) is 20.2 Å². The van der Waals surface area contributed by atoms with E-state index >= 15 is 0 Å². The lowest BCUT2D eigenvalue weighted by Gasteiger charge is -2.33. The SMILES string of the molecule is C=CC[N+](C)(CC=C)CC(C)O. The Kier molecular flexibility index (Phi) is 4.86.